The van der Waals surface area contributed by atoms with Gasteiger partial charge in [0.25, 0.3) is 0 Å². The molecule has 0 saturated heterocycles. The summed E-state index contributed by atoms with van der Waals surface area (Å²) in [5, 5.41) is 11.0. The number of aliphatic hydroxyl groups excluding tert-OH is 1. The summed E-state index contributed by atoms with van der Waals surface area (Å²) in [5.74, 6) is 3.28. The molecule has 5 aliphatic carbocycles. The Bertz CT molecular complexity index is 528. The number of rotatable bonds is 0. The third-order valence-corrected chi connectivity index (χ3v) is 9.28. The number of hydrogen-bond donors (Lipinski definition) is 1. The minimum Gasteiger partial charge on any atom is -0.393 e. The molecule has 0 aromatic heterocycles. The molecule has 5 aliphatic rings. The Morgan fingerprint density at radius 2 is 1.90 bits per heavy atom. The van der Waals surface area contributed by atoms with Crippen molar-refractivity contribution >= 4 is 5.78 Å². The second kappa shape index (κ2) is 3.58. The van der Waals surface area contributed by atoms with E-state index in [4.69, 9.17) is 0 Å². The number of Topliss-reactive ketones (excluding diaryl/α,β-unsaturated/α-hetero) is 1. The van der Waals surface area contributed by atoms with Crippen LogP contribution in [0.4, 0.5) is 0 Å². The van der Waals surface area contributed by atoms with Gasteiger partial charge < -0.3 is 5.11 Å². The minimum absolute atomic E-state index is 0.0523. The molecule has 0 aromatic rings. The van der Waals surface area contributed by atoms with Gasteiger partial charge in [0.2, 0.25) is 0 Å². The molecular formula is C19H28O2. The van der Waals surface area contributed by atoms with Crippen LogP contribution in [0.3, 0.4) is 0 Å². The normalized spacial score (nSPS) is 64.5. The molecule has 0 aromatic carbocycles. The van der Waals surface area contributed by atoms with Crippen molar-refractivity contribution in [3.63, 3.8) is 0 Å². The van der Waals surface area contributed by atoms with Crippen molar-refractivity contribution in [3.05, 3.63) is 0 Å². The van der Waals surface area contributed by atoms with Gasteiger partial charge in [0.15, 0.2) is 0 Å². The maximum absolute atomic E-state index is 12.4. The Hall–Kier alpha value is -0.370. The second-order valence-electron chi connectivity index (χ2n) is 9.44. The highest BCUT2D eigenvalue weighted by molar-refractivity contribution is 5.87. The van der Waals surface area contributed by atoms with Crippen LogP contribution in [0.2, 0.25) is 0 Å². The van der Waals surface area contributed by atoms with Gasteiger partial charge in [-0.25, -0.2) is 0 Å². The van der Waals surface area contributed by atoms with Crippen molar-refractivity contribution in [3.8, 4) is 0 Å². The highest BCUT2D eigenvalue weighted by Gasteiger charge is 2.77. The zero-order chi connectivity index (χ0) is 14.6. The van der Waals surface area contributed by atoms with Gasteiger partial charge in [-0.05, 0) is 74.0 Å². The Balaban J connectivity index is 1.57. The molecule has 116 valence electrons. The Morgan fingerprint density at radius 1 is 1.10 bits per heavy atom. The SMILES string of the molecule is CC12CCC3C(C[C@H](O)[C@]45CC4CCC35C)C1CCC2=O. The predicted molar refractivity (Wildman–Crippen MR) is 80.6 cm³/mol. The first-order valence-electron chi connectivity index (χ1n) is 9.15. The molecule has 2 heteroatoms. The lowest BCUT2D eigenvalue weighted by molar-refractivity contribution is -0.154. The Labute approximate surface area is 127 Å². The maximum Gasteiger partial charge on any atom is 0.139 e. The van der Waals surface area contributed by atoms with E-state index in [1.807, 2.05) is 0 Å². The summed E-state index contributed by atoms with van der Waals surface area (Å²) in [6.45, 7) is 4.73. The first-order valence-corrected chi connectivity index (χ1v) is 9.15. The van der Waals surface area contributed by atoms with Gasteiger partial charge in [-0.15, -0.1) is 0 Å². The summed E-state index contributed by atoms with van der Waals surface area (Å²) in [5.41, 5.74) is 0.598. The molecule has 5 fully saturated rings. The monoisotopic (exact) mass is 288 g/mol. The highest BCUT2D eigenvalue weighted by Crippen LogP contribution is 2.81. The quantitative estimate of drug-likeness (QED) is 0.740. The molecule has 0 bridgehead atoms. The number of aliphatic hydroxyl groups is 1. The lowest BCUT2D eigenvalue weighted by Gasteiger charge is -2.59. The van der Waals surface area contributed by atoms with Crippen molar-refractivity contribution in [1.82, 2.24) is 0 Å². The molecule has 1 N–H and O–H groups in total. The first-order chi connectivity index (χ1) is 9.93. The van der Waals surface area contributed by atoms with Crippen LogP contribution in [-0.4, -0.2) is 17.0 Å². The molecule has 6 unspecified atom stereocenters. The fourth-order valence-electron chi connectivity index (χ4n) is 8.08. The molecule has 8 atom stereocenters. The van der Waals surface area contributed by atoms with E-state index in [1.54, 1.807) is 0 Å². The molecule has 0 aliphatic heterocycles. The summed E-state index contributed by atoms with van der Waals surface area (Å²) in [4.78, 5) is 12.4. The third-order valence-electron chi connectivity index (χ3n) is 9.28. The maximum atomic E-state index is 12.4. The molecule has 21 heavy (non-hydrogen) atoms. The van der Waals surface area contributed by atoms with E-state index in [9.17, 15) is 9.90 Å². The first kappa shape index (κ1) is 13.1. The van der Waals surface area contributed by atoms with Gasteiger partial charge in [-0.3, -0.25) is 4.79 Å². The van der Waals surface area contributed by atoms with Crippen LogP contribution in [-0.2, 0) is 4.79 Å². The highest BCUT2D eigenvalue weighted by atomic mass is 16.3. The number of fused-ring (bicyclic) bond motifs is 4. The summed E-state index contributed by atoms with van der Waals surface area (Å²) in [7, 11) is 0. The van der Waals surface area contributed by atoms with Crippen molar-refractivity contribution < 1.29 is 9.90 Å². The van der Waals surface area contributed by atoms with Crippen molar-refractivity contribution in [1.29, 1.82) is 0 Å². The largest absolute Gasteiger partial charge is 0.393 e. The minimum atomic E-state index is -0.0886. The molecular weight excluding hydrogens is 260 g/mol. The third kappa shape index (κ3) is 1.22. The second-order valence-corrected chi connectivity index (χ2v) is 9.44. The Kier molecular flexibility index (Phi) is 2.23. The van der Waals surface area contributed by atoms with Crippen LogP contribution in [0.5, 0.6) is 0 Å². The average Bonchev–Trinajstić information content (AvgIpc) is 3.01. The van der Waals surface area contributed by atoms with Crippen LogP contribution < -0.4 is 0 Å². The van der Waals surface area contributed by atoms with Crippen molar-refractivity contribution in [2.24, 2.45) is 39.9 Å². The molecule has 0 radical (unpaired) electrons. The van der Waals surface area contributed by atoms with E-state index < -0.39 is 0 Å². The van der Waals surface area contributed by atoms with Crippen LogP contribution >= 0.6 is 0 Å². The van der Waals surface area contributed by atoms with E-state index in [-0.39, 0.29) is 16.9 Å². The topological polar surface area (TPSA) is 37.3 Å². The van der Waals surface area contributed by atoms with Gasteiger partial charge in [-0.1, -0.05) is 13.8 Å². The summed E-state index contributed by atoms with van der Waals surface area (Å²) >= 11 is 0. The number of ketones is 1. The fourth-order valence-corrected chi connectivity index (χ4v) is 8.08. The van der Waals surface area contributed by atoms with Gasteiger partial charge in [0, 0.05) is 17.3 Å². The molecule has 0 heterocycles. The predicted octanol–water partition coefficient (Wildman–Crippen LogP) is 3.57. The lowest BCUT2D eigenvalue weighted by atomic mass is 9.46. The van der Waals surface area contributed by atoms with E-state index in [2.05, 4.69) is 13.8 Å². The van der Waals surface area contributed by atoms with E-state index in [0.29, 0.717) is 23.0 Å². The van der Waals surface area contributed by atoms with Crippen LogP contribution in [0.15, 0.2) is 0 Å². The van der Waals surface area contributed by atoms with E-state index in [1.165, 1.54) is 25.7 Å². The van der Waals surface area contributed by atoms with Crippen molar-refractivity contribution in [2.45, 2.75) is 71.3 Å². The molecule has 2 nitrogen and oxygen atoms in total. The van der Waals surface area contributed by atoms with E-state index in [0.717, 1.165) is 37.5 Å². The fraction of sp³-hybridized carbons (Fsp3) is 0.947. The van der Waals surface area contributed by atoms with Crippen LogP contribution in [0.25, 0.3) is 0 Å². The summed E-state index contributed by atoms with van der Waals surface area (Å²) in [6.07, 6.45) is 9.10. The number of carbonyl (C=O) groups is 1. The van der Waals surface area contributed by atoms with E-state index >= 15 is 0 Å². The van der Waals surface area contributed by atoms with Gasteiger partial charge >= 0.3 is 0 Å². The Morgan fingerprint density at radius 3 is 2.67 bits per heavy atom. The standard InChI is InChI=1S/C19H28O2/c1-17-7-6-14-12(13(17)3-4-15(17)20)9-16(21)19-10-11(19)5-8-18(14,19)2/h11-14,16,21H,3-10H2,1-2H3/t11?,12?,13?,14?,16-,17?,18?,19-/m0/s1. The zero-order valence-corrected chi connectivity index (χ0v) is 13.4. The molecule has 0 amide bonds. The molecule has 5 rings (SSSR count). The smallest absolute Gasteiger partial charge is 0.139 e. The van der Waals surface area contributed by atoms with Crippen molar-refractivity contribution in [2.75, 3.05) is 0 Å². The van der Waals surface area contributed by atoms with Crippen LogP contribution in [0.1, 0.15) is 65.2 Å². The summed E-state index contributed by atoms with van der Waals surface area (Å²) in [6, 6.07) is 0. The van der Waals surface area contributed by atoms with Gasteiger partial charge in [0.05, 0.1) is 6.10 Å². The average molecular weight is 288 g/mol. The lowest BCUT2D eigenvalue weighted by Crippen LogP contribution is -2.56. The van der Waals surface area contributed by atoms with Crippen LogP contribution in [0, 0.1) is 39.9 Å². The van der Waals surface area contributed by atoms with Gasteiger partial charge in [-0.2, -0.15) is 0 Å². The van der Waals surface area contributed by atoms with Gasteiger partial charge in [0.1, 0.15) is 5.78 Å². The summed E-state index contributed by atoms with van der Waals surface area (Å²) < 4.78 is 0. The molecule has 5 saturated carbocycles. The number of hydrogen-bond acceptors (Lipinski definition) is 2. The molecule has 1 spiro atoms. The number of carbonyl (C=O) groups excluding carboxylic acids is 1. The zero-order valence-electron chi connectivity index (χ0n) is 13.4.